The van der Waals surface area contributed by atoms with E-state index in [9.17, 15) is 4.79 Å². The lowest BCUT2D eigenvalue weighted by Gasteiger charge is -2.26. The number of hydrogen-bond acceptors (Lipinski definition) is 3. The predicted molar refractivity (Wildman–Crippen MR) is 73.1 cm³/mol. The van der Waals surface area contributed by atoms with Gasteiger partial charge >= 0.3 is 0 Å². The molecule has 0 saturated carbocycles. The standard InChI is InChI=1S/C13H24N2OS/c1-3-10(2)12-13(16)15(9-14-12)8-11-6-4-5-7-17-11/h10-12,14H,3-9H2,1-2H3. The van der Waals surface area contributed by atoms with Crippen LogP contribution in [0.1, 0.15) is 39.5 Å². The van der Waals surface area contributed by atoms with Crippen molar-refractivity contribution in [1.82, 2.24) is 10.2 Å². The number of nitrogens with zero attached hydrogens (tertiary/aromatic N) is 1. The van der Waals surface area contributed by atoms with E-state index in [0.717, 1.165) is 19.6 Å². The number of nitrogens with one attached hydrogen (secondary N) is 1. The minimum absolute atomic E-state index is 0.0635. The summed E-state index contributed by atoms with van der Waals surface area (Å²) in [4.78, 5) is 14.3. The molecule has 0 aliphatic carbocycles. The van der Waals surface area contributed by atoms with Crippen LogP contribution in [0.5, 0.6) is 0 Å². The lowest BCUT2D eigenvalue weighted by atomic mass is 9.99. The maximum absolute atomic E-state index is 12.2. The molecule has 2 heterocycles. The first-order valence-electron chi connectivity index (χ1n) is 6.86. The Balaban J connectivity index is 1.84. The number of thioether (sulfide) groups is 1. The quantitative estimate of drug-likeness (QED) is 0.836. The van der Waals surface area contributed by atoms with Crippen molar-refractivity contribution < 1.29 is 4.79 Å². The molecule has 17 heavy (non-hydrogen) atoms. The second-order valence-electron chi connectivity index (χ2n) is 5.27. The Morgan fingerprint density at radius 3 is 3.00 bits per heavy atom. The van der Waals surface area contributed by atoms with Crippen LogP contribution in [0, 0.1) is 5.92 Å². The maximum Gasteiger partial charge on any atom is 0.241 e. The normalized spacial score (nSPS) is 31.9. The molecule has 0 aromatic rings. The van der Waals surface area contributed by atoms with Crippen molar-refractivity contribution in [2.24, 2.45) is 5.92 Å². The van der Waals surface area contributed by atoms with E-state index in [1.165, 1.54) is 25.0 Å². The topological polar surface area (TPSA) is 32.3 Å². The molecule has 2 rings (SSSR count). The highest BCUT2D eigenvalue weighted by Crippen LogP contribution is 2.27. The number of amides is 1. The van der Waals surface area contributed by atoms with Crippen molar-refractivity contribution in [3.8, 4) is 0 Å². The summed E-state index contributed by atoms with van der Waals surface area (Å²) in [7, 11) is 0. The van der Waals surface area contributed by atoms with Gasteiger partial charge in [-0.05, 0) is 24.5 Å². The fourth-order valence-electron chi connectivity index (χ4n) is 2.60. The third-order valence-corrected chi connectivity index (χ3v) is 5.37. The van der Waals surface area contributed by atoms with E-state index in [0.29, 0.717) is 17.1 Å². The molecule has 98 valence electrons. The van der Waals surface area contributed by atoms with Crippen LogP contribution in [0.4, 0.5) is 0 Å². The molecule has 0 aromatic heterocycles. The Labute approximate surface area is 109 Å². The van der Waals surface area contributed by atoms with Crippen LogP contribution in [0.25, 0.3) is 0 Å². The Hall–Kier alpha value is -0.220. The summed E-state index contributed by atoms with van der Waals surface area (Å²) in [5.74, 6) is 2.05. The number of hydrogen-bond donors (Lipinski definition) is 1. The molecule has 0 aromatic carbocycles. The SMILES string of the molecule is CCC(C)C1NCN(CC2CCCCS2)C1=O. The van der Waals surface area contributed by atoms with E-state index in [-0.39, 0.29) is 6.04 Å². The van der Waals surface area contributed by atoms with E-state index >= 15 is 0 Å². The fraction of sp³-hybridized carbons (Fsp3) is 0.923. The summed E-state index contributed by atoms with van der Waals surface area (Å²) in [6.07, 6.45) is 5.03. The lowest BCUT2D eigenvalue weighted by molar-refractivity contribution is -0.129. The van der Waals surface area contributed by atoms with Gasteiger partial charge < -0.3 is 4.90 Å². The lowest BCUT2D eigenvalue weighted by Crippen LogP contribution is -2.38. The number of rotatable bonds is 4. The summed E-state index contributed by atoms with van der Waals surface area (Å²) in [5.41, 5.74) is 0. The molecule has 2 fully saturated rings. The number of carbonyl (C=O) groups excluding carboxylic acids is 1. The molecule has 1 amide bonds. The van der Waals surface area contributed by atoms with Crippen LogP contribution < -0.4 is 5.32 Å². The molecule has 3 unspecified atom stereocenters. The fourth-order valence-corrected chi connectivity index (χ4v) is 3.93. The van der Waals surface area contributed by atoms with Crippen LogP contribution in [-0.2, 0) is 4.79 Å². The van der Waals surface area contributed by atoms with Gasteiger partial charge in [0.15, 0.2) is 0 Å². The molecular formula is C13H24N2OS. The Morgan fingerprint density at radius 1 is 1.53 bits per heavy atom. The van der Waals surface area contributed by atoms with Crippen LogP contribution in [0.15, 0.2) is 0 Å². The van der Waals surface area contributed by atoms with Gasteiger partial charge in [-0.15, -0.1) is 0 Å². The Bertz CT molecular complexity index is 266. The van der Waals surface area contributed by atoms with Crippen LogP contribution in [0.2, 0.25) is 0 Å². The van der Waals surface area contributed by atoms with Gasteiger partial charge in [0, 0.05) is 11.8 Å². The molecule has 0 bridgehead atoms. The van der Waals surface area contributed by atoms with Gasteiger partial charge in [-0.2, -0.15) is 11.8 Å². The first-order chi connectivity index (χ1) is 8.22. The molecule has 4 heteroatoms. The van der Waals surface area contributed by atoms with Crippen LogP contribution in [0.3, 0.4) is 0 Å². The molecular weight excluding hydrogens is 232 g/mol. The van der Waals surface area contributed by atoms with E-state index in [4.69, 9.17) is 0 Å². The largest absolute Gasteiger partial charge is 0.327 e. The average molecular weight is 256 g/mol. The third kappa shape index (κ3) is 3.16. The minimum atomic E-state index is 0.0635. The van der Waals surface area contributed by atoms with Crippen LogP contribution >= 0.6 is 11.8 Å². The Morgan fingerprint density at radius 2 is 2.35 bits per heavy atom. The molecule has 2 aliphatic rings. The Kier molecular flexibility index (Phi) is 4.74. The highest BCUT2D eigenvalue weighted by molar-refractivity contribution is 7.99. The van der Waals surface area contributed by atoms with Crippen molar-refractivity contribution in [2.75, 3.05) is 19.0 Å². The van der Waals surface area contributed by atoms with E-state index in [1.54, 1.807) is 0 Å². The smallest absolute Gasteiger partial charge is 0.241 e. The number of carbonyl (C=O) groups is 1. The van der Waals surface area contributed by atoms with E-state index in [2.05, 4.69) is 19.2 Å². The summed E-state index contributed by atoms with van der Waals surface area (Å²) in [6, 6.07) is 0.0635. The maximum atomic E-state index is 12.2. The molecule has 3 nitrogen and oxygen atoms in total. The van der Waals surface area contributed by atoms with Crippen molar-refractivity contribution in [3.63, 3.8) is 0 Å². The summed E-state index contributed by atoms with van der Waals surface area (Å²) < 4.78 is 0. The van der Waals surface area contributed by atoms with Gasteiger partial charge in [-0.3, -0.25) is 10.1 Å². The van der Waals surface area contributed by atoms with Crippen molar-refractivity contribution in [2.45, 2.75) is 50.8 Å². The monoisotopic (exact) mass is 256 g/mol. The third-order valence-electron chi connectivity index (χ3n) is 3.99. The second kappa shape index (κ2) is 6.10. The highest BCUT2D eigenvalue weighted by Gasteiger charge is 2.35. The average Bonchev–Trinajstić information content (AvgIpc) is 2.72. The summed E-state index contributed by atoms with van der Waals surface area (Å²) in [5, 5.41) is 4.04. The van der Waals surface area contributed by atoms with E-state index < -0.39 is 0 Å². The zero-order chi connectivity index (χ0) is 12.3. The predicted octanol–water partition coefficient (Wildman–Crippen LogP) is 2.08. The van der Waals surface area contributed by atoms with Crippen molar-refractivity contribution in [3.05, 3.63) is 0 Å². The zero-order valence-corrected chi connectivity index (χ0v) is 11.8. The molecule has 3 atom stereocenters. The van der Waals surface area contributed by atoms with Gasteiger partial charge in [-0.25, -0.2) is 0 Å². The first-order valence-corrected chi connectivity index (χ1v) is 7.91. The van der Waals surface area contributed by atoms with Gasteiger partial charge in [0.2, 0.25) is 5.91 Å². The minimum Gasteiger partial charge on any atom is -0.327 e. The van der Waals surface area contributed by atoms with Gasteiger partial charge in [0.05, 0.1) is 12.7 Å². The highest BCUT2D eigenvalue weighted by atomic mass is 32.2. The molecule has 2 saturated heterocycles. The van der Waals surface area contributed by atoms with Crippen molar-refractivity contribution in [1.29, 1.82) is 0 Å². The summed E-state index contributed by atoms with van der Waals surface area (Å²) in [6.45, 7) is 6.02. The van der Waals surface area contributed by atoms with Crippen molar-refractivity contribution >= 4 is 17.7 Å². The van der Waals surface area contributed by atoms with Gasteiger partial charge in [0.25, 0.3) is 0 Å². The zero-order valence-electron chi connectivity index (χ0n) is 10.9. The first kappa shape index (κ1) is 13.2. The molecule has 0 radical (unpaired) electrons. The molecule has 0 spiro atoms. The van der Waals surface area contributed by atoms with E-state index in [1.807, 2.05) is 16.7 Å². The second-order valence-corrected chi connectivity index (χ2v) is 6.68. The van der Waals surface area contributed by atoms with Gasteiger partial charge in [0.1, 0.15) is 0 Å². The summed E-state index contributed by atoms with van der Waals surface area (Å²) >= 11 is 2.05. The van der Waals surface area contributed by atoms with Gasteiger partial charge in [-0.1, -0.05) is 26.7 Å². The molecule has 2 aliphatic heterocycles. The van der Waals surface area contributed by atoms with Crippen LogP contribution in [-0.4, -0.2) is 41.1 Å². The molecule has 1 N–H and O–H groups in total.